The first-order chi connectivity index (χ1) is 15.4. The molecule has 0 radical (unpaired) electrons. The van der Waals surface area contributed by atoms with Crippen LogP contribution in [0.15, 0.2) is 91.0 Å². The van der Waals surface area contributed by atoms with E-state index in [2.05, 4.69) is 36.4 Å². The number of carboxylic acids is 1. The molecule has 3 aromatic rings. The average molecular weight is 449 g/mol. The highest BCUT2D eigenvalue weighted by Gasteiger charge is 2.37. The molecule has 0 aliphatic rings. The second kappa shape index (κ2) is 11.3. The van der Waals surface area contributed by atoms with Crippen molar-refractivity contribution in [2.24, 2.45) is 11.8 Å². The Morgan fingerprint density at radius 1 is 0.781 bits per heavy atom. The Kier molecular flexibility index (Phi) is 8.54. The van der Waals surface area contributed by atoms with Gasteiger partial charge in [0.2, 0.25) is 0 Å². The van der Waals surface area contributed by atoms with Gasteiger partial charge in [-0.2, -0.15) is 0 Å². The van der Waals surface area contributed by atoms with E-state index in [0.717, 1.165) is 16.7 Å². The molecule has 2 atom stereocenters. The Morgan fingerprint density at radius 3 is 1.53 bits per heavy atom. The summed E-state index contributed by atoms with van der Waals surface area (Å²) in [5.41, 5.74) is 3.39. The number of carboxylic acid groups (broad SMARTS) is 1. The third kappa shape index (κ3) is 5.81. The molecule has 0 aromatic heterocycles. The van der Waals surface area contributed by atoms with Crippen molar-refractivity contribution in [2.75, 3.05) is 5.75 Å². The van der Waals surface area contributed by atoms with Gasteiger partial charge in [-0.15, -0.1) is 11.8 Å². The van der Waals surface area contributed by atoms with E-state index >= 15 is 0 Å². The van der Waals surface area contributed by atoms with Gasteiger partial charge < -0.3 is 10.2 Å². The van der Waals surface area contributed by atoms with Crippen LogP contribution in [0.25, 0.3) is 0 Å². The van der Waals surface area contributed by atoms with Gasteiger partial charge in [0.05, 0.1) is 16.8 Å². The molecule has 0 aliphatic carbocycles. The molecular weight excluding hydrogens is 416 g/mol. The summed E-state index contributed by atoms with van der Waals surface area (Å²) in [4.78, 5) is 11.7. The molecular formula is C28H32O3S. The molecule has 168 valence electrons. The second-order valence-electron chi connectivity index (χ2n) is 8.64. The third-order valence-electron chi connectivity index (χ3n) is 5.69. The number of hydrogen-bond acceptors (Lipinski definition) is 3. The van der Waals surface area contributed by atoms with Crippen molar-refractivity contribution in [3.63, 3.8) is 0 Å². The number of aliphatic hydroxyl groups excluding tert-OH is 1. The lowest BCUT2D eigenvalue weighted by molar-refractivity contribution is -0.143. The Balaban J connectivity index is 1.97. The van der Waals surface area contributed by atoms with Gasteiger partial charge in [-0.3, -0.25) is 4.79 Å². The van der Waals surface area contributed by atoms with Gasteiger partial charge in [0.1, 0.15) is 0 Å². The first kappa shape index (κ1) is 24.1. The predicted octanol–water partition coefficient (Wildman–Crippen LogP) is 6.21. The molecule has 3 rings (SSSR count). The molecule has 0 spiro atoms. The SMILES string of the molecule is CC(C)C[C@H](C[C@H](O)CSC(c1ccccc1)(c1ccccc1)c1ccccc1)C(=O)O. The van der Waals surface area contributed by atoms with Crippen LogP contribution in [0, 0.1) is 11.8 Å². The van der Waals surface area contributed by atoms with Crippen molar-refractivity contribution in [2.45, 2.75) is 37.5 Å². The number of carbonyl (C=O) groups is 1. The Morgan fingerprint density at radius 2 is 1.19 bits per heavy atom. The van der Waals surface area contributed by atoms with Crippen LogP contribution in [0.4, 0.5) is 0 Å². The topological polar surface area (TPSA) is 57.5 Å². The third-order valence-corrected chi connectivity index (χ3v) is 7.39. The van der Waals surface area contributed by atoms with Crippen LogP contribution in [0.2, 0.25) is 0 Å². The Labute approximate surface area is 195 Å². The Hall–Kier alpha value is -2.56. The van der Waals surface area contributed by atoms with Crippen LogP contribution >= 0.6 is 11.8 Å². The van der Waals surface area contributed by atoms with Crippen molar-refractivity contribution < 1.29 is 15.0 Å². The molecule has 0 fully saturated rings. The van der Waals surface area contributed by atoms with Crippen molar-refractivity contribution in [3.8, 4) is 0 Å². The average Bonchev–Trinajstić information content (AvgIpc) is 2.81. The summed E-state index contributed by atoms with van der Waals surface area (Å²) in [6.07, 6.45) is 0.114. The summed E-state index contributed by atoms with van der Waals surface area (Å²) in [5, 5.41) is 20.5. The van der Waals surface area contributed by atoms with Gasteiger partial charge in [-0.05, 0) is 35.4 Å². The zero-order valence-corrected chi connectivity index (χ0v) is 19.5. The fraction of sp³-hybridized carbons (Fsp3) is 0.321. The molecule has 0 saturated carbocycles. The van der Waals surface area contributed by atoms with E-state index in [0.29, 0.717) is 12.2 Å². The van der Waals surface area contributed by atoms with Gasteiger partial charge in [0.15, 0.2) is 0 Å². The van der Waals surface area contributed by atoms with Crippen LogP contribution in [0.5, 0.6) is 0 Å². The molecule has 0 bridgehead atoms. The minimum absolute atomic E-state index is 0.259. The zero-order chi connectivity index (χ0) is 23.0. The lowest BCUT2D eigenvalue weighted by atomic mass is 9.84. The van der Waals surface area contributed by atoms with E-state index in [4.69, 9.17) is 0 Å². The lowest BCUT2D eigenvalue weighted by Crippen LogP contribution is -2.29. The fourth-order valence-electron chi connectivity index (χ4n) is 4.25. The normalized spacial score (nSPS) is 13.6. The highest BCUT2D eigenvalue weighted by Crippen LogP contribution is 2.48. The van der Waals surface area contributed by atoms with Crippen LogP contribution in [0.1, 0.15) is 43.4 Å². The molecule has 0 amide bonds. The smallest absolute Gasteiger partial charge is 0.306 e. The van der Waals surface area contributed by atoms with E-state index in [9.17, 15) is 15.0 Å². The predicted molar refractivity (Wildman–Crippen MR) is 133 cm³/mol. The molecule has 4 heteroatoms. The second-order valence-corrected chi connectivity index (χ2v) is 9.88. The number of benzene rings is 3. The molecule has 0 saturated heterocycles. The zero-order valence-electron chi connectivity index (χ0n) is 18.7. The lowest BCUT2D eigenvalue weighted by Gasteiger charge is -2.36. The number of thioether (sulfide) groups is 1. The summed E-state index contributed by atoms with van der Waals surface area (Å²) in [6.45, 7) is 4.03. The molecule has 3 aromatic carbocycles. The van der Waals surface area contributed by atoms with Gasteiger partial charge in [0, 0.05) is 5.75 Å². The summed E-state index contributed by atoms with van der Waals surface area (Å²) in [5.74, 6) is -0.665. The fourth-order valence-corrected chi connectivity index (χ4v) is 5.74. The van der Waals surface area contributed by atoms with Gasteiger partial charge >= 0.3 is 5.97 Å². The molecule has 0 unspecified atom stereocenters. The Bertz CT molecular complexity index is 861. The van der Waals surface area contributed by atoms with E-state index in [1.54, 1.807) is 11.8 Å². The van der Waals surface area contributed by atoms with Gasteiger partial charge in [-0.1, -0.05) is 105 Å². The van der Waals surface area contributed by atoms with E-state index in [-0.39, 0.29) is 12.3 Å². The molecule has 2 N–H and O–H groups in total. The van der Waals surface area contributed by atoms with Crippen LogP contribution in [-0.4, -0.2) is 28.0 Å². The minimum Gasteiger partial charge on any atom is -0.481 e. The summed E-state index contributed by atoms with van der Waals surface area (Å²) in [6, 6.07) is 31.0. The maximum absolute atomic E-state index is 11.7. The minimum atomic E-state index is -0.830. The van der Waals surface area contributed by atoms with Crippen molar-refractivity contribution in [1.82, 2.24) is 0 Å². The van der Waals surface area contributed by atoms with Crippen molar-refractivity contribution >= 4 is 17.7 Å². The number of hydrogen-bond donors (Lipinski definition) is 2. The van der Waals surface area contributed by atoms with Crippen LogP contribution in [-0.2, 0) is 9.54 Å². The number of aliphatic hydroxyl groups is 1. The van der Waals surface area contributed by atoms with Crippen molar-refractivity contribution in [1.29, 1.82) is 0 Å². The quantitative estimate of drug-likeness (QED) is 0.342. The van der Waals surface area contributed by atoms with Crippen LogP contribution < -0.4 is 0 Å². The number of aliphatic carboxylic acids is 1. The summed E-state index contributed by atoms with van der Waals surface area (Å²) in [7, 11) is 0. The molecule has 0 aliphatic heterocycles. The van der Waals surface area contributed by atoms with E-state index in [1.807, 2.05) is 68.4 Å². The van der Waals surface area contributed by atoms with Crippen molar-refractivity contribution in [3.05, 3.63) is 108 Å². The molecule has 0 heterocycles. The first-order valence-corrected chi connectivity index (χ1v) is 12.1. The van der Waals surface area contributed by atoms with E-state index in [1.165, 1.54) is 0 Å². The summed E-state index contributed by atoms with van der Waals surface area (Å²) < 4.78 is -0.512. The maximum atomic E-state index is 11.7. The van der Waals surface area contributed by atoms with Gasteiger partial charge in [0.25, 0.3) is 0 Å². The number of rotatable bonds is 11. The van der Waals surface area contributed by atoms with E-state index < -0.39 is 22.7 Å². The maximum Gasteiger partial charge on any atom is 0.306 e. The highest BCUT2D eigenvalue weighted by atomic mass is 32.2. The first-order valence-electron chi connectivity index (χ1n) is 11.1. The largest absolute Gasteiger partial charge is 0.481 e. The van der Waals surface area contributed by atoms with Crippen LogP contribution in [0.3, 0.4) is 0 Å². The monoisotopic (exact) mass is 448 g/mol. The highest BCUT2D eigenvalue weighted by molar-refractivity contribution is 8.00. The molecule has 32 heavy (non-hydrogen) atoms. The standard InChI is InChI=1S/C28H32O3S/c1-21(2)18-22(27(30)31)19-26(29)20-32-28(23-12-6-3-7-13-23,24-14-8-4-9-15-24)25-16-10-5-11-17-25/h3-17,21-22,26,29H,18-20H2,1-2H3,(H,30,31)/t22-,26+/m1/s1. The summed E-state index contributed by atoms with van der Waals surface area (Å²) >= 11 is 1.67. The molecule has 3 nitrogen and oxygen atoms in total. The van der Waals surface area contributed by atoms with Gasteiger partial charge in [-0.25, -0.2) is 0 Å².